The molecule has 0 heterocycles. The van der Waals surface area contributed by atoms with Crippen LogP contribution in [0.25, 0.3) is 22.3 Å². The smallest absolute Gasteiger partial charge is 0.201 e. The number of thioether (sulfide) groups is 2. The van der Waals surface area contributed by atoms with Gasteiger partial charge in [-0.05, 0) is 57.6 Å². The predicted molar refractivity (Wildman–Crippen MR) is 255 cm³/mol. The minimum absolute atomic E-state index is 0.146. The average molecular weight is 1130 g/mol. The number of alkyl halides is 2. The Labute approximate surface area is 436 Å². The second-order valence-electron chi connectivity index (χ2n) is 19.6. The van der Waals surface area contributed by atoms with Crippen molar-refractivity contribution in [2.45, 2.75) is 84.0 Å². The summed E-state index contributed by atoms with van der Waals surface area (Å²) in [5, 5.41) is 0. The quantitative estimate of drug-likeness (QED) is 0.0586. The maximum Gasteiger partial charge on any atom is 0.201 e. The molecule has 4 unspecified atom stereocenters. The van der Waals surface area contributed by atoms with Gasteiger partial charge in [0.2, 0.25) is 34.8 Å². The molecule has 0 aliphatic heterocycles. The summed E-state index contributed by atoms with van der Waals surface area (Å²) >= 11 is 2.92. The van der Waals surface area contributed by atoms with Gasteiger partial charge in [0.25, 0.3) is 0 Å². The van der Waals surface area contributed by atoms with Crippen LogP contribution in [0, 0.1) is 58.2 Å². The Kier molecular flexibility index (Phi) is 15.0. The molecule has 1 nitrogen and oxygen atoms in total. The Morgan fingerprint density at radius 2 is 0.584 bits per heavy atom. The molecule has 0 radical (unpaired) electrons. The van der Waals surface area contributed by atoms with E-state index in [0.717, 1.165) is 34.1 Å². The topological polar surface area (TPSA) is 9.23 Å². The minimum atomic E-state index is -4.43. The monoisotopic (exact) mass is 1130 g/mol. The van der Waals surface area contributed by atoms with Crippen molar-refractivity contribution >= 4 is 23.5 Å². The van der Waals surface area contributed by atoms with Crippen LogP contribution < -0.4 is 0 Å². The lowest BCUT2D eigenvalue weighted by Crippen LogP contribution is -2.46. The second-order valence-corrected chi connectivity index (χ2v) is 23.4. The van der Waals surface area contributed by atoms with Crippen molar-refractivity contribution in [2.75, 3.05) is 0 Å². The second kappa shape index (κ2) is 20.4. The third kappa shape index (κ3) is 9.41. The van der Waals surface area contributed by atoms with E-state index in [1.165, 1.54) is 23.5 Å². The van der Waals surface area contributed by atoms with Crippen molar-refractivity contribution in [3.63, 3.8) is 0 Å². The predicted octanol–water partition coefficient (Wildman–Crippen LogP) is 18.8. The SMILES string of the molecule is CC(C)(C)Sc1ccc(-c2ccc(C3(c4c(F)c(F)c(F)c(F)c4F)C(F)=C(F)C(OC4=C(F)C(F)C(c5ccc(-c6ccc(SC(C)(C)C)cc6)cc5)(c5c(F)c(F)c(F)c(F)c5F)C(F)=C4F)=C(F)C3F)cc2)cc1. The summed E-state index contributed by atoms with van der Waals surface area (Å²) in [5.74, 6) is -52.9. The van der Waals surface area contributed by atoms with E-state index in [4.69, 9.17) is 0 Å². The molecule has 0 fully saturated rings. The van der Waals surface area contributed by atoms with Crippen molar-refractivity contribution in [1.82, 2.24) is 0 Å². The molecule has 2 aliphatic rings. The van der Waals surface area contributed by atoms with Gasteiger partial charge in [-0.25, -0.2) is 70.2 Å². The Bertz CT molecular complexity index is 3200. The Balaban J connectivity index is 1.27. The zero-order valence-electron chi connectivity index (χ0n) is 40.4. The van der Waals surface area contributed by atoms with Gasteiger partial charge in [-0.3, -0.25) is 0 Å². The van der Waals surface area contributed by atoms with Crippen LogP contribution in [0.1, 0.15) is 63.8 Å². The molecule has 2 aliphatic carbocycles. The molecule has 0 amide bonds. The molecule has 0 N–H and O–H groups in total. The largest absolute Gasteiger partial charge is 0.445 e. The first-order valence-electron chi connectivity index (χ1n) is 22.6. The van der Waals surface area contributed by atoms with Crippen LogP contribution in [-0.4, -0.2) is 21.8 Å². The van der Waals surface area contributed by atoms with Crippen LogP contribution in [-0.2, 0) is 15.6 Å². The molecule has 0 saturated carbocycles. The summed E-state index contributed by atoms with van der Waals surface area (Å²) in [5.41, 5.74) is -15.5. The highest BCUT2D eigenvalue weighted by Crippen LogP contribution is 2.59. The van der Waals surface area contributed by atoms with Gasteiger partial charge < -0.3 is 4.74 Å². The van der Waals surface area contributed by atoms with E-state index >= 15 is 52.7 Å². The van der Waals surface area contributed by atoms with Gasteiger partial charge in [-0.1, -0.05) is 114 Å². The van der Waals surface area contributed by atoms with Gasteiger partial charge in [0.05, 0.1) is 11.1 Å². The molecule has 0 aromatic heterocycles. The third-order valence-corrected chi connectivity index (χ3v) is 14.7. The lowest BCUT2D eigenvalue weighted by molar-refractivity contribution is 0.142. The number of allylic oxidation sites excluding steroid dienone is 6. The Morgan fingerprint density at radius 1 is 0.351 bits per heavy atom. The molecule has 4 atom stereocenters. The molecular formula is C56H36F18OS2. The molecule has 77 heavy (non-hydrogen) atoms. The van der Waals surface area contributed by atoms with Crippen LogP contribution in [0.3, 0.4) is 0 Å². The van der Waals surface area contributed by atoms with Gasteiger partial charge in [0.1, 0.15) is 10.8 Å². The number of ether oxygens (including phenoxy) is 1. The standard InChI is InChI=1S/C56H36F18OS2/c1-53(2,3)76-29-19-11-25(12-20-29)23-7-15-27(16-8-23)55(31-33(57)37(61)41(65)38(62)34(31)58)49(71)43(67)47(44(68)50(55)72)75-48-45(69)51(73)56(52(74)46(48)70,32-35(59)39(63)42(66)40(64)36(32)60)28-17-9-24(10-18-28)26-13-21-30(22-14-26)77-54(4,5)6/h7-22,49,51H,1-6H3. The summed E-state index contributed by atoms with van der Waals surface area (Å²) in [6, 6.07) is 19.1. The van der Waals surface area contributed by atoms with Gasteiger partial charge in [-0.2, -0.15) is 8.78 Å². The first-order valence-corrected chi connectivity index (χ1v) is 24.3. The molecule has 0 bridgehead atoms. The van der Waals surface area contributed by atoms with E-state index in [2.05, 4.69) is 4.74 Å². The summed E-state index contributed by atoms with van der Waals surface area (Å²) in [6.07, 6.45) is -8.57. The number of rotatable bonds is 10. The van der Waals surface area contributed by atoms with Crippen molar-refractivity contribution in [3.05, 3.63) is 224 Å². The summed E-state index contributed by atoms with van der Waals surface area (Å²) in [6.45, 7) is 11.5. The van der Waals surface area contributed by atoms with E-state index in [-0.39, 0.29) is 20.6 Å². The fourth-order valence-electron chi connectivity index (χ4n) is 9.08. The van der Waals surface area contributed by atoms with E-state index in [1.54, 1.807) is 48.5 Å². The van der Waals surface area contributed by atoms with Gasteiger partial charge in [0.15, 0.2) is 82.2 Å². The number of hydrogen-bond donors (Lipinski definition) is 0. The first-order chi connectivity index (χ1) is 35.9. The van der Waals surface area contributed by atoms with Crippen molar-refractivity contribution in [1.29, 1.82) is 0 Å². The maximum atomic E-state index is 17.2. The van der Waals surface area contributed by atoms with Crippen LogP contribution in [0.15, 0.2) is 153 Å². The summed E-state index contributed by atoms with van der Waals surface area (Å²) < 4.78 is 291. The lowest BCUT2D eigenvalue weighted by atomic mass is 9.66. The minimum Gasteiger partial charge on any atom is -0.445 e. The fourth-order valence-corrected chi connectivity index (χ4v) is 11.0. The zero-order valence-corrected chi connectivity index (χ0v) is 42.1. The van der Waals surface area contributed by atoms with E-state index < -0.39 is 150 Å². The van der Waals surface area contributed by atoms with Crippen LogP contribution in [0.4, 0.5) is 79.0 Å². The van der Waals surface area contributed by atoms with Crippen LogP contribution >= 0.6 is 23.5 Å². The Morgan fingerprint density at radius 3 is 0.831 bits per heavy atom. The van der Waals surface area contributed by atoms with E-state index in [0.29, 0.717) is 35.4 Å². The zero-order chi connectivity index (χ0) is 56.8. The van der Waals surface area contributed by atoms with Gasteiger partial charge >= 0.3 is 0 Å². The molecule has 8 rings (SSSR count). The van der Waals surface area contributed by atoms with Crippen LogP contribution in [0.5, 0.6) is 0 Å². The highest BCUT2D eigenvalue weighted by atomic mass is 32.2. The van der Waals surface area contributed by atoms with Crippen molar-refractivity contribution < 1.29 is 83.8 Å². The normalized spacial score (nSPS) is 20.5. The van der Waals surface area contributed by atoms with E-state index in [1.807, 2.05) is 41.5 Å². The van der Waals surface area contributed by atoms with Gasteiger partial charge in [0, 0.05) is 19.3 Å². The van der Waals surface area contributed by atoms with Gasteiger partial charge in [-0.15, -0.1) is 23.5 Å². The van der Waals surface area contributed by atoms with Crippen molar-refractivity contribution in [3.8, 4) is 22.3 Å². The average Bonchev–Trinajstić information content (AvgIpc) is 3.48. The Hall–Kier alpha value is -6.48. The molecule has 21 heteroatoms. The molecule has 6 aromatic carbocycles. The molecule has 0 spiro atoms. The molecule has 0 saturated heterocycles. The molecule has 6 aromatic rings. The highest BCUT2D eigenvalue weighted by Gasteiger charge is 2.62. The van der Waals surface area contributed by atoms with Crippen LogP contribution in [0.2, 0.25) is 0 Å². The number of benzene rings is 6. The lowest BCUT2D eigenvalue weighted by Gasteiger charge is -2.40. The van der Waals surface area contributed by atoms with Crippen molar-refractivity contribution in [2.24, 2.45) is 0 Å². The molecular weight excluding hydrogens is 1090 g/mol. The van der Waals surface area contributed by atoms with E-state index in [9.17, 15) is 26.3 Å². The molecule has 404 valence electrons. The fraction of sp³-hybridized carbons (Fsp3) is 0.214. The maximum absolute atomic E-state index is 17.2. The third-order valence-electron chi connectivity index (χ3n) is 12.4. The number of hydrogen-bond acceptors (Lipinski definition) is 3. The summed E-state index contributed by atoms with van der Waals surface area (Å²) in [7, 11) is 0. The summed E-state index contributed by atoms with van der Waals surface area (Å²) in [4.78, 5) is 1.55. The first kappa shape index (κ1) is 56.7. The highest BCUT2D eigenvalue weighted by molar-refractivity contribution is 8.00. The number of halogens is 18.